The van der Waals surface area contributed by atoms with Gasteiger partial charge in [-0.3, -0.25) is 0 Å². The van der Waals surface area contributed by atoms with Gasteiger partial charge >= 0.3 is 0 Å². The highest BCUT2D eigenvalue weighted by Gasteiger charge is 2.20. The van der Waals surface area contributed by atoms with E-state index in [-0.39, 0.29) is 18.6 Å². The van der Waals surface area contributed by atoms with Gasteiger partial charge in [0.25, 0.3) is 0 Å². The number of piperidine rings is 1. The number of nitrogens with two attached hydrogens (primary N) is 1. The van der Waals surface area contributed by atoms with Gasteiger partial charge in [0.1, 0.15) is 5.75 Å². The Morgan fingerprint density at radius 3 is 2.74 bits per heavy atom. The number of benzene rings is 1. The molecule has 1 aromatic heterocycles. The average molecular weight is 372 g/mol. The molecule has 1 saturated heterocycles. The number of rotatable bonds is 7. The number of β-amino-alcohol motifs (C(OH)–C–C–N with tert-alkyl or cyclic N) is 1. The largest absolute Gasteiger partial charge is 0.496 e. The lowest BCUT2D eigenvalue weighted by Crippen LogP contribution is -2.39. The molecule has 7 nitrogen and oxygen atoms in total. The second-order valence-electron chi connectivity index (χ2n) is 7.04. The molecule has 1 aliphatic rings. The number of aliphatic hydroxyl groups excluding tert-OH is 2. The van der Waals surface area contributed by atoms with Crippen LogP contribution in [-0.2, 0) is 6.42 Å². The van der Waals surface area contributed by atoms with Crippen LogP contribution in [0.2, 0.25) is 0 Å². The number of hydrogen-bond acceptors (Lipinski definition) is 7. The van der Waals surface area contributed by atoms with Crippen LogP contribution in [0.1, 0.15) is 18.4 Å². The Balaban J connectivity index is 1.83. The van der Waals surface area contributed by atoms with Crippen molar-refractivity contribution < 1.29 is 14.9 Å². The van der Waals surface area contributed by atoms with Crippen molar-refractivity contribution in [3.63, 3.8) is 0 Å². The number of aromatic nitrogens is 2. The molecule has 2 aromatic rings. The molecule has 2 unspecified atom stereocenters. The highest BCUT2D eigenvalue weighted by molar-refractivity contribution is 5.70. The summed E-state index contributed by atoms with van der Waals surface area (Å²) in [6, 6.07) is 5.95. The van der Waals surface area contributed by atoms with E-state index in [0.717, 1.165) is 41.8 Å². The molecule has 0 amide bonds. The molecule has 1 aliphatic heterocycles. The van der Waals surface area contributed by atoms with Crippen molar-refractivity contribution in [2.45, 2.75) is 25.4 Å². The van der Waals surface area contributed by atoms with Crippen LogP contribution in [0.5, 0.6) is 5.75 Å². The molecule has 0 spiro atoms. The lowest BCUT2D eigenvalue weighted by atomic mass is 9.96. The number of nitrogens with zero attached hydrogens (tertiary/aromatic N) is 3. The summed E-state index contributed by atoms with van der Waals surface area (Å²) in [6.45, 7) is 1.94. The Hall–Kier alpha value is -2.22. The maximum atomic E-state index is 9.84. The number of methoxy groups -OCH3 is 1. The first-order chi connectivity index (χ1) is 13.1. The fourth-order valence-corrected chi connectivity index (χ4v) is 3.42. The van der Waals surface area contributed by atoms with Gasteiger partial charge in [-0.05, 0) is 49.4 Å². The monoisotopic (exact) mass is 372 g/mol. The van der Waals surface area contributed by atoms with Crippen LogP contribution < -0.4 is 15.4 Å². The summed E-state index contributed by atoms with van der Waals surface area (Å²) in [5, 5.41) is 19.2. The first-order valence-corrected chi connectivity index (χ1v) is 9.37. The van der Waals surface area contributed by atoms with Gasteiger partial charge in [0.05, 0.1) is 13.2 Å². The molecular weight excluding hydrogens is 344 g/mol. The van der Waals surface area contributed by atoms with Gasteiger partial charge in [0.2, 0.25) is 5.95 Å². The minimum atomic E-state index is -0.319. The third-order valence-corrected chi connectivity index (χ3v) is 5.01. The quantitative estimate of drug-likeness (QED) is 0.671. The third-order valence-electron chi connectivity index (χ3n) is 5.01. The lowest BCUT2D eigenvalue weighted by Gasteiger charge is -2.29. The predicted octanol–water partition coefficient (Wildman–Crippen LogP) is 1.22. The molecule has 0 saturated carbocycles. The molecule has 4 N–H and O–H groups in total. The summed E-state index contributed by atoms with van der Waals surface area (Å²) in [5.41, 5.74) is 8.56. The van der Waals surface area contributed by atoms with Crippen molar-refractivity contribution in [3.05, 3.63) is 36.2 Å². The SMILES string of the molecule is COc1ccc(CC(CN)CO)cc1-c1cnc(N2CCCC(O)C2)nc1. The molecule has 1 aromatic carbocycles. The number of anilines is 1. The third kappa shape index (κ3) is 4.74. The molecule has 0 bridgehead atoms. The first-order valence-electron chi connectivity index (χ1n) is 9.37. The van der Waals surface area contributed by atoms with E-state index < -0.39 is 0 Å². The summed E-state index contributed by atoms with van der Waals surface area (Å²) in [7, 11) is 1.64. The van der Waals surface area contributed by atoms with Gasteiger partial charge in [-0.15, -0.1) is 0 Å². The van der Waals surface area contributed by atoms with Gasteiger partial charge in [-0.25, -0.2) is 9.97 Å². The van der Waals surface area contributed by atoms with E-state index >= 15 is 0 Å². The zero-order chi connectivity index (χ0) is 19.2. The van der Waals surface area contributed by atoms with Gasteiger partial charge < -0.3 is 25.6 Å². The number of ether oxygens (including phenoxy) is 1. The van der Waals surface area contributed by atoms with Crippen molar-refractivity contribution in [3.8, 4) is 16.9 Å². The molecule has 3 rings (SSSR count). The van der Waals surface area contributed by atoms with Crippen LogP contribution in [0.15, 0.2) is 30.6 Å². The van der Waals surface area contributed by atoms with E-state index in [0.29, 0.717) is 25.5 Å². The molecule has 2 heterocycles. The van der Waals surface area contributed by atoms with E-state index in [2.05, 4.69) is 9.97 Å². The van der Waals surface area contributed by atoms with Crippen molar-refractivity contribution in [2.24, 2.45) is 11.7 Å². The van der Waals surface area contributed by atoms with Crippen molar-refractivity contribution in [1.82, 2.24) is 9.97 Å². The summed E-state index contributed by atoms with van der Waals surface area (Å²) in [5.74, 6) is 1.42. The van der Waals surface area contributed by atoms with Crippen LogP contribution in [0.25, 0.3) is 11.1 Å². The second-order valence-corrected chi connectivity index (χ2v) is 7.04. The minimum Gasteiger partial charge on any atom is -0.496 e. The minimum absolute atomic E-state index is 0.0374. The van der Waals surface area contributed by atoms with Gasteiger partial charge in [0.15, 0.2) is 0 Å². The highest BCUT2D eigenvalue weighted by atomic mass is 16.5. The van der Waals surface area contributed by atoms with E-state index in [1.807, 2.05) is 23.1 Å². The van der Waals surface area contributed by atoms with Crippen LogP contribution in [0, 0.1) is 5.92 Å². The summed E-state index contributed by atoms with van der Waals surface area (Å²) in [4.78, 5) is 11.0. The predicted molar refractivity (Wildman–Crippen MR) is 105 cm³/mol. The maximum absolute atomic E-state index is 9.84. The van der Waals surface area contributed by atoms with Crippen molar-refractivity contribution >= 4 is 5.95 Å². The van der Waals surface area contributed by atoms with E-state index in [4.69, 9.17) is 10.5 Å². The molecule has 146 valence electrons. The Labute approximate surface area is 159 Å². The number of aliphatic hydroxyl groups is 2. The van der Waals surface area contributed by atoms with Crippen molar-refractivity contribution in [2.75, 3.05) is 38.3 Å². The Kier molecular flexibility index (Phi) is 6.60. The maximum Gasteiger partial charge on any atom is 0.225 e. The molecule has 0 radical (unpaired) electrons. The lowest BCUT2D eigenvalue weighted by molar-refractivity contribution is 0.153. The summed E-state index contributed by atoms with van der Waals surface area (Å²) >= 11 is 0. The first kappa shape index (κ1) is 19.5. The van der Waals surface area contributed by atoms with E-state index in [9.17, 15) is 10.2 Å². The zero-order valence-electron chi connectivity index (χ0n) is 15.7. The van der Waals surface area contributed by atoms with Gasteiger partial charge in [0, 0.05) is 43.2 Å². The Morgan fingerprint density at radius 2 is 2.11 bits per heavy atom. The smallest absolute Gasteiger partial charge is 0.225 e. The molecule has 7 heteroatoms. The summed E-state index contributed by atoms with van der Waals surface area (Å²) in [6.07, 6.45) is 5.73. The number of hydrogen-bond donors (Lipinski definition) is 3. The van der Waals surface area contributed by atoms with Crippen LogP contribution in [-0.4, -0.2) is 59.6 Å². The zero-order valence-corrected chi connectivity index (χ0v) is 15.7. The highest BCUT2D eigenvalue weighted by Crippen LogP contribution is 2.31. The van der Waals surface area contributed by atoms with Crippen LogP contribution in [0.3, 0.4) is 0 Å². The van der Waals surface area contributed by atoms with Crippen LogP contribution in [0.4, 0.5) is 5.95 Å². The van der Waals surface area contributed by atoms with Crippen LogP contribution >= 0.6 is 0 Å². The van der Waals surface area contributed by atoms with Crippen molar-refractivity contribution in [1.29, 1.82) is 0 Å². The fraction of sp³-hybridized carbons (Fsp3) is 0.500. The standard InChI is InChI=1S/C20H28N4O3/c1-27-19-5-4-14(7-15(9-21)13-25)8-18(19)16-10-22-20(23-11-16)24-6-2-3-17(26)12-24/h4-5,8,10-11,15,17,25-26H,2-3,6-7,9,12-13,21H2,1H3. The van der Waals surface area contributed by atoms with Gasteiger partial charge in [-0.1, -0.05) is 6.07 Å². The molecular formula is C20H28N4O3. The van der Waals surface area contributed by atoms with E-state index in [1.54, 1.807) is 19.5 Å². The topological polar surface area (TPSA) is 105 Å². The average Bonchev–Trinajstić information content (AvgIpc) is 2.72. The van der Waals surface area contributed by atoms with E-state index in [1.165, 1.54) is 0 Å². The van der Waals surface area contributed by atoms with Gasteiger partial charge in [-0.2, -0.15) is 0 Å². The molecule has 2 atom stereocenters. The summed E-state index contributed by atoms with van der Waals surface area (Å²) < 4.78 is 5.50. The normalized spacial score (nSPS) is 18.4. The second kappa shape index (κ2) is 9.12. The Bertz CT molecular complexity index is 735. The molecule has 1 fully saturated rings. The fourth-order valence-electron chi connectivity index (χ4n) is 3.42. The Morgan fingerprint density at radius 1 is 1.33 bits per heavy atom. The molecule has 0 aliphatic carbocycles. The molecule has 27 heavy (non-hydrogen) atoms.